The molecule has 1 aromatic rings. The van der Waals surface area contributed by atoms with E-state index in [4.69, 9.17) is 5.73 Å². The summed E-state index contributed by atoms with van der Waals surface area (Å²) in [5.41, 5.74) is 8.90. The largest absolute Gasteiger partial charge is 0.365 e. The Morgan fingerprint density at radius 3 is 2.24 bits per heavy atom. The molecule has 2 aliphatic heterocycles. The maximum atomic E-state index is 6.16. The van der Waals surface area contributed by atoms with Crippen molar-refractivity contribution in [3.05, 3.63) is 29.8 Å². The van der Waals surface area contributed by atoms with Crippen molar-refractivity contribution < 1.29 is 0 Å². The van der Waals surface area contributed by atoms with Gasteiger partial charge in [0.2, 0.25) is 0 Å². The van der Waals surface area contributed by atoms with E-state index in [9.17, 15) is 0 Å². The molecule has 2 saturated heterocycles. The van der Waals surface area contributed by atoms with Crippen molar-refractivity contribution in [1.29, 1.82) is 0 Å². The average Bonchev–Trinajstić information content (AvgIpc) is 2.29. The molecule has 0 saturated carbocycles. The Morgan fingerprint density at radius 1 is 1.06 bits per heavy atom. The van der Waals surface area contributed by atoms with Crippen molar-refractivity contribution in [3.63, 3.8) is 0 Å². The number of fused-ring (bicyclic) bond motifs is 2. The predicted molar refractivity (Wildman–Crippen MR) is 72.3 cm³/mol. The molecule has 0 aromatic heterocycles. The third-order valence-corrected chi connectivity index (χ3v) is 4.34. The molecule has 0 amide bonds. The standard InChI is InChI=1S/C15H22N2/c1-11-5-7-13(8-6-11)17-14-3-2-4-15(17)10-12(16)9-14/h5-8,12,14-15H,2-4,9-10,16H2,1H3. The van der Waals surface area contributed by atoms with Gasteiger partial charge in [0.05, 0.1) is 0 Å². The van der Waals surface area contributed by atoms with Gasteiger partial charge < -0.3 is 10.6 Å². The van der Waals surface area contributed by atoms with Gasteiger partial charge in [-0.15, -0.1) is 0 Å². The number of benzene rings is 1. The van der Waals surface area contributed by atoms with Crippen LogP contribution >= 0.6 is 0 Å². The van der Waals surface area contributed by atoms with Gasteiger partial charge in [0.25, 0.3) is 0 Å². The van der Waals surface area contributed by atoms with E-state index >= 15 is 0 Å². The van der Waals surface area contributed by atoms with E-state index in [1.165, 1.54) is 43.4 Å². The Kier molecular flexibility index (Phi) is 2.83. The van der Waals surface area contributed by atoms with Crippen LogP contribution in [0.4, 0.5) is 5.69 Å². The molecule has 1 aromatic carbocycles. The second-order valence-electron chi connectivity index (χ2n) is 5.71. The highest BCUT2D eigenvalue weighted by Gasteiger charge is 2.36. The summed E-state index contributed by atoms with van der Waals surface area (Å²) in [6, 6.07) is 10.8. The van der Waals surface area contributed by atoms with E-state index in [-0.39, 0.29) is 0 Å². The number of aryl methyl sites for hydroxylation is 1. The number of hydrogen-bond donors (Lipinski definition) is 1. The summed E-state index contributed by atoms with van der Waals surface area (Å²) in [6.45, 7) is 2.15. The maximum absolute atomic E-state index is 6.16. The molecule has 3 rings (SSSR count). The lowest BCUT2D eigenvalue weighted by atomic mass is 9.81. The minimum Gasteiger partial charge on any atom is -0.365 e. The van der Waals surface area contributed by atoms with Gasteiger partial charge in [0.1, 0.15) is 0 Å². The first-order valence-electron chi connectivity index (χ1n) is 6.84. The lowest BCUT2D eigenvalue weighted by Crippen LogP contribution is -2.55. The SMILES string of the molecule is Cc1ccc(N2C3CCCC2CC(N)C3)cc1. The topological polar surface area (TPSA) is 29.3 Å². The van der Waals surface area contributed by atoms with Crippen molar-refractivity contribution in [2.24, 2.45) is 5.73 Å². The average molecular weight is 230 g/mol. The summed E-state index contributed by atoms with van der Waals surface area (Å²) in [5, 5.41) is 0. The molecular formula is C15H22N2. The fourth-order valence-corrected chi connectivity index (χ4v) is 3.56. The zero-order valence-corrected chi connectivity index (χ0v) is 10.6. The van der Waals surface area contributed by atoms with Gasteiger partial charge in [-0.2, -0.15) is 0 Å². The minimum absolute atomic E-state index is 0.423. The van der Waals surface area contributed by atoms with Gasteiger partial charge in [-0.25, -0.2) is 0 Å². The van der Waals surface area contributed by atoms with E-state index in [0.29, 0.717) is 18.1 Å². The Balaban J connectivity index is 1.89. The Labute approximate surface area is 104 Å². The Bertz CT molecular complexity index is 370. The van der Waals surface area contributed by atoms with Crippen molar-refractivity contribution in [2.75, 3.05) is 4.90 Å². The molecule has 2 unspecified atom stereocenters. The van der Waals surface area contributed by atoms with Gasteiger partial charge in [-0.3, -0.25) is 0 Å². The van der Waals surface area contributed by atoms with Crippen LogP contribution in [0.2, 0.25) is 0 Å². The number of nitrogens with two attached hydrogens (primary N) is 1. The smallest absolute Gasteiger partial charge is 0.0371 e. The Hall–Kier alpha value is -1.02. The first-order chi connectivity index (χ1) is 8.24. The van der Waals surface area contributed by atoms with E-state index in [1.54, 1.807) is 0 Å². The van der Waals surface area contributed by atoms with Crippen LogP contribution in [-0.2, 0) is 0 Å². The van der Waals surface area contributed by atoms with E-state index < -0.39 is 0 Å². The van der Waals surface area contributed by atoms with Gasteiger partial charge in [0, 0.05) is 23.8 Å². The van der Waals surface area contributed by atoms with Crippen LogP contribution in [-0.4, -0.2) is 18.1 Å². The molecule has 2 bridgehead atoms. The van der Waals surface area contributed by atoms with Crippen LogP contribution in [0.15, 0.2) is 24.3 Å². The summed E-state index contributed by atoms with van der Waals surface area (Å²) >= 11 is 0. The van der Waals surface area contributed by atoms with Gasteiger partial charge >= 0.3 is 0 Å². The molecule has 0 aliphatic carbocycles. The molecule has 92 valence electrons. The molecule has 2 aliphatic rings. The van der Waals surface area contributed by atoms with Crippen molar-refractivity contribution in [1.82, 2.24) is 0 Å². The third-order valence-electron chi connectivity index (χ3n) is 4.34. The minimum atomic E-state index is 0.423. The first kappa shape index (κ1) is 11.1. The highest BCUT2D eigenvalue weighted by Crippen LogP contribution is 2.37. The summed E-state index contributed by atoms with van der Waals surface area (Å²) in [6.07, 6.45) is 6.36. The summed E-state index contributed by atoms with van der Waals surface area (Å²) in [7, 11) is 0. The third kappa shape index (κ3) is 2.06. The van der Waals surface area contributed by atoms with Gasteiger partial charge in [-0.05, 0) is 51.2 Å². The lowest BCUT2D eigenvalue weighted by Gasteiger charge is -2.49. The van der Waals surface area contributed by atoms with E-state index in [2.05, 4.69) is 36.1 Å². The number of anilines is 1. The predicted octanol–water partition coefficient (Wildman–Crippen LogP) is 2.84. The number of piperidine rings is 2. The summed E-state index contributed by atoms with van der Waals surface area (Å²) < 4.78 is 0. The molecule has 2 fully saturated rings. The molecule has 17 heavy (non-hydrogen) atoms. The molecule has 2 N–H and O–H groups in total. The molecule has 2 nitrogen and oxygen atoms in total. The number of hydrogen-bond acceptors (Lipinski definition) is 2. The van der Waals surface area contributed by atoms with E-state index in [1.807, 2.05) is 0 Å². The first-order valence-corrected chi connectivity index (χ1v) is 6.84. The number of rotatable bonds is 1. The quantitative estimate of drug-likeness (QED) is 0.804. The number of nitrogens with zero attached hydrogens (tertiary/aromatic N) is 1. The van der Waals surface area contributed by atoms with Crippen LogP contribution in [0.1, 0.15) is 37.7 Å². The van der Waals surface area contributed by atoms with Gasteiger partial charge in [-0.1, -0.05) is 17.7 Å². The molecule has 2 heteroatoms. The molecule has 0 spiro atoms. The van der Waals surface area contributed by atoms with E-state index in [0.717, 1.165) is 0 Å². The van der Waals surface area contributed by atoms with Crippen molar-refractivity contribution in [2.45, 2.75) is 57.2 Å². The highest BCUT2D eigenvalue weighted by molar-refractivity contribution is 5.50. The zero-order chi connectivity index (χ0) is 11.8. The summed E-state index contributed by atoms with van der Waals surface area (Å²) in [5.74, 6) is 0. The van der Waals surface area contributed by atoms with Crippen molar-refractivity contribution in [3.8, 4) is 0 Å². The van der Waals surface area contributed by atoms with Crippen molar-refractivity contribution >= 4 is 5.69 Å². The fourth-order valence-electron chi connectivity index (χ4n) is 3.56. The monoisotopic (exact) mass is 230 g/mol. The van der Waals surface area contributed by atoms with Crippen LogP contribution < -0.4 is 10.6 Å². The second kappa shape index (κ2) is 4.34. The zero-order valence-electron chi connectivity index (χ0n) is 10.6. The van der Waals surface area contributed by atoms with Gasteiger partial charge in [0.15, 0.2) is 0 Å². The molecule has 0 radical (unpaired) electrons. The van der Waals surface area contributed by atoms with Crippen LogP contribution in [0.5, 0.6) is 0 Å². The molecular weight excluding hydrogens is 208 g/mol. The summed E-state index contributed by atoms with van der Waals surface area (Å²) in [4.78, 5) is 2.65. The fraction of sp³-hybridized carbons (Fsp3) is 0.600. The maximum Gasteiger partial charge on any atom is 0.0371 e. The molecule has 2 heterocycles. The second-order valence-corrected chi connectivity index (χ2v) is 5.71. The molecule has 2 atom stereocenters. The van der Waals surface area contributed by atoms with Crippen LogP contribution in [0, 0.1) is 6.92 Å². The Morgan fingerprint density at radius 2 is 1.65 bits per heavy atom. The normalized spacial score (nSPS) is 32.6. The van der Waals surface area contributed by atoms with Crippen LogP contribution in [0.25, 0.3) is 0 Å². The highest BCUT2D eigenvalue weighted by atomic mass is 15.2. The lowest BCUT2D eigenvalue weighted by molar-refractivity contribution is 0.271. The van der Waals surface area contributed by atoms with Crippen LogP contribution in [0.3, 0.4) is 0 Å².